The summed E-state index contributed by atoms with van der Waals surface area (Å²) in [4.78, 5) is 12.2. The molecule has 0 saturated carbocycles. The van der Waals surface area contributed by atoms with Crippen LogP contribution in [0.1, 0.15) is 12.5 Å². The Labute approximate surface area is 124 Å². The normalized spacial score (nSPS) is 11.6. The molecule has 2 rings (SSSR count). The Morgan fingerprint density at radius 2 is 1.67 bits per heavy atom. The third-order valence-corrected chi connectivity index (χ3v) is 3.14. The minimum Gasteiger partial charge on any atom is -0.493 e. The maximum absolute atomic E-state index is 12.2. The molecule has 1 N–H and O–H groups in total. The molecule has 1 amide bonds. The maximum atomic E-state index is 12.2. The van der Waals surface area contributed by atoms with Crippen LogP contribution >= 0.6 is 0 Å². The minimum absolute atomic E-state index is 0.199. The molecule has 21 heavy (non-hydrogen) atoms. The molecule has 0 aromatic heterocycles. The van der Waals surface area contributed by atoms with Crippen molar-refractivity contribution in [3.8, 4) is 11.5 Å². The SMILES string of the molecule is COc1ccccc1O[C@@H](C)C(=O)Nc1ccccc1C. The average molecular weight is 285 g/mol. The van der Waals surface area contributed by atoms with Crippen LogP contribution in [0.25, 0.3) is 0 Å². The molecule has 110 valence electrons. The first-order valence-corrected chi connectivity index (χ1v) is 6.78. The number of hydrogen-bond acceptors (Lipinski definition) is 3. The molecule has 0 unspecified atom stereocenters. The number of methoxy groups -OCH3 is 1. The quantitative estimate of drug-likeness (QED) is 0.915. The summed E-state index contributed by atoms with van der Waals surface area (Å²) in [5, 5.41) is 2.86. The van der Waals surface area contributed by atoms with Gasteiger partial charge in [-0.3, -0.25) is 4.79 Å². The van der Waals surface area contributed by atoms with Gasteiger partial charge in [-0.2, -0.15) is 0 Å². The molecule has 4 heteroatoms. The van der Waals surface area contributed by atoms with Gasteiger partial charge in [0.2, 0.25) is 0 Å². The number of carbonyl (C=O) groups is 1. The van der Waals surface area contributed by atoms with E-state index >= 15 is 0 Å². The third kappa shape index (κ3) is 3.75. The number of benzene rings is 2. The Balaban J connectivity index is 2.05. The van der Waals surface area contributed by atoms with Crippen LogP contribution in [0.3, 0.4) is 0 Å². The second kappa shape index (κ2) is 6.79. The van der Waals surface area contributed by atoms with Gasteiger partial charge in [0.15, 0.2) is 17.6 Å². The minimum atomic E-state index is -0.624. The lowest BCUT2D eigenvalue weighted by atomic mass is 10.2. The van der Waals surface area contributed by atoms with E-state index in [0.29, 0.717) is 11.5 Å². The van der Waals surface area contributed by atoms with Gasteiger partial charge in [-0.1, -0.05) is 30.3 Å². The molecule has 2 aromatic rings. The fourth-order valence-corrected chi connectivity index (χ4v) is 1.91. The van der Waals surface area contributed by atoms with Gasteiger partial charge in [-0.05, 0) is 37.6 Å². The van der Waals surface area contributed by atoms with Crippen LogP contribution < -0.4 is 14.8 Å². The summed E-state index contributed by atoms with van der Waals surface area (Å²) in [5.41, 5.74) is 1.80. The lowest BCUT2D eigenvalue weighted by Gasteiger charge is -2.17. The third-order valence-electron chi connectivity index (χ3n) is 3.14. The number of aryl methyl sites for hydroxylation is 1. The van der Waals surface area contributed by atoms with Crippen molar-refractivity contribution in [1.29, 1.82) is 0 Å². The number of nitrogens with one attached hydrogen (secondary N) is 1. The highest BCUT2D eigenvalue weighted by molar-refractivity contribution is 5.94. The predicted octanol–water partition coefficient (Wildman–Crippen LogP) is 3.41. The molecule has 4 nitrogen and oxygen atoms in total. The van der Waals surface area contributed by atoms with Crippen molar-refractivity contribution in [2.75, 3.05) is 12.4 Å². The van der Waals surface area contributed by atoms with E-state index in [2.05, 4.69) is 5.32 Å². The summed E-state index contributed by atoms with van der Waals surface area (Å²) in [5.74, 6) is 0.954. The first kappa shape index (κ1) is 14.9. The zero-order valence-corrected chi connectivity index (χ0v) is 12.4. The monoisotopic (exact) mass is 285 g/mol. The van der Waals surface area contributed by atoms with E-state index in [9.17, 15) is 4.79 Å². The topological polar surface area (TPSA) is 47.6 Å². The van der Waals surface area contributed by atoms with Crippen molar-refractivity contribution in [1.82, 2.24) is 0 Å². The lowest BCUT2D eigenvalue weighted by molar-refractivity contribution is -0.122. The van der Waals surface area contributed by atoms with Crippen LogP contribution in [0.15, 0.2) is 48.5 Å². The highest BCUT2D eigenvalue weighted by Crippen LogP contribution is 2.27. The van der Waals surface area contributed by atoms with Crippen LogP contribution in [-0.2, 0) is 4.79 Å². The van der Waals surface area contributed by atoms with Crippen LogP contribution in [-0.4, -0.2) is 19.1 Å². The van der Waals surface area contributed by atoms with Crippen LogP contribution in [0.4, 0.5) is 5.69 Å². The van der Waals surface area contributed by atoms with Gasteiger partial charge in [0, 0.05) is 5.69 Å². The van der Waals surface area contributed by atoms with E-state index in [1.165, 1.54) is 0 Å². The predicted molar refractivity (Wildman–Crippen MR) is 82.9 cm³/mol. The molecule has 0 aliphatic heterocycles. The number of rotatable bonds is 5. The Morgan fingerprint density at radius 3 is 2.33 bits per heavy atom. The summed E-state index contributed by atoms with van der Waals surface area (Å²) >= 11 is 0. The molecule has 0 saturated heterocycles. The molecule has 0 aliphatic rings. The molecular formula is C17H19NO3. The number of anilines is 1. The number of ether oxygens (including phenoxy) is 2. The first-order valence-electron chi connectivity index (χ1n) is 6.78. The molecule has 0 fully saturated rings. The number of carbonyl (C=O) groups excluding carboxylic acids is 1. The smallest absolute Gasteiger partial charge is 0.265 e. The number of hydrogen-bond donors (Lipinski definition) is 1. The Bertz CT molecular complexity index is 625. The molecule has 2 aromatic carbocycles. The van der Waals surface area contributed by atoms with Crippen molar-refractivity contribution in [2.45, 2.75) is 20.0 Å². The van der Waals surface area contributed by atoms with E-state index in [0.717, 1.165) is 11.3 Å². The van der Waals surface area contributed by atoms with Gasteiger partial charge >= 0.3 is 0 Å². The second-order valence-corrected chi connectivity index (χ2v) is 4.72. The average Bonchev–Trinajstić information content (AvgIpc) is 2.50. The highest BCUT2D eigenvalue weighted by Gasteiger charge is 2.17. The largest absolute Gasteiger partial charge is 0.493 e. The summed E-state index contributed by atoms with van der Waals surface area (Å²) in [6.45, 7) is 3.65. The number of para-hydroxylation sites is 3. The summed E-state index contributed by atoms with van der Waals surface area (Å²) in [6, 6.07) is 14.9. The van der Waals surface area contributed by atoms with Crippen molar-refractivity contribution in [3.63, 3.8) is 0 Å². The van der Waals surface area contributed by atoms with E-state index in [1.54, 1.807) is 26.2 Å². The van der Waals surface area contributed by atoms with Gasteiger partial charge in [0.05, 0.1) is 7.11 Å². The number of amides is 1. The fraction of sp³-hybridized carbons (Fsp3) is 0.235. The van der Waals surface area contributed by atoms with Crippen molar-refractivity contribution < 1.29 is 14.3 Å². The molecular weight excluding hydrogens is 266 g/mol. The van der Waals surface area contributed by atoms with E-state index in [4.69, 9.17) is 9.47 Å². The van der Waals surface area contributed by atoms with E-state index in [-0.39, 0.29) is 5.91 Å². The van der Waals surface area contributed by atoms with E-state index in [1.807, 2.05) is 43.3 Å². The molecule has 0 radical (unpaired) electrons. The molecule has 0 bridgehead atoms. The summed E-state index contributed by atoms with van der Waals surface area (Å²) < 4.78 is 10.9. The van der Waals surface area contributed by atoms with Crippen LogP contribution in [0.2, 0.25) is 0 Å². The van der Waals surface area contributed by atoms with Gasteiger partial charge in [0.1, 0.15) is 0 Å². The van der Waals surface area contributed by atoms with Gasteiger partial charge in [-0.15, -0.1) is 0 Å². The Kier molecular flexibility index (Phi) is 4.82. The molecule has 1 atom stereocenters. The standard InChI is InChI=1S/C17H19NO3/c1-12-8-4-5-9-14(12)18-17(19)13(2)21-16-11-7-6-10-15(16)20-3/h4-11,13H,1-3H3,(H,18,19)/t13-/m0/s1. The maximum Gasteiger partial charge on any atom is 0.265 e. The van der Waals surface area contributed by atoms with Crippen molar-refractivity contribution in [2.24, 2.45) is 0 Å². The second-order valence-electron chi connectivity index (χ2n) is 4.72. The van der Waals surface area contributed by atoms with Gasteiger partial charge in [-0.25, -0.2) is 0 Å². The molecule has 0 spiro atoms. The van der Waals surface area contributed by atoms with Gasteiger partial charge in [0.25, 0.3) is 5.91 Å². The first-order chi connectivity index (χ1) is 10.1. The van der Waals surface area contributed by atoms with E-state index < -0.39 is 6.10 Å². The molecule has 0 aliphatic carbocycles. The Hall–Kier alpha value is -2.49. The van der Waals surface area contributed by atoms with Crippen LogP contribution in [0, 0.1) is 6.92 Å². The highest BCUT2D eigenvalue weighted by atomic mass is 16.5. The summed E-state index contributed by atoms with van der Waals surface area (Å²) in [7, 11) is 1.57. The zero-order chi connectivity index (χ0) is 15.2. The van der Waals surface area contributed by atoms with Crippen LogP contribution in [0.5, 0.6) is 11.5 Å². The van der Waals surface area contributed by atoms with Crippen molar-refractivity contribution >= 4 is 11.6 Å². The summed E-state index contributed by atoms with van der Waals surface area (Å²) in [6.07, 6.45) is -0.624. The van der Waals surface area contributed by atoms with Gasteiger partial charge < -0.3 is 14.8 Å². The fourth-order valence-electron chi connectivity index (χ4n) is 1.91. The molecule has 0 heterocycles. The van der Waals surface area contributed by atoms with Crippen molar-refractivity contribution in [3.05, 3.63) is 54.1 Å². The zero-order valence-electron chi connectivity index (χ0n) is 12.4. The lowest BCUT2D eigenvalue weighted by Crippen LogP contribution is -2.30. The Morgan fingerprint density at radius 1 is 1.05 bits per heavy atom.